The summed E-state index contributed by atoms with van der Waals surface area (Å²) in [6.45, 7) is 3.75. The molecule has 0 aliphatic heterocycles. The maximum absolute atomic E-state index is 13.6. The molecule has 134 valence electrons. The predicted molar refractivity (Wildman–Crippen MR) is 99.9 cm³/mol. The van der Waals surface area contributed by atoms with Gasteiger partial charge in [0, 0.05) is 16.0 Å². The molecule has 0 atom stereocenters. The van der Waals surface area contributed by atoms with E-state index in [0.717, 1.165) is 0 Å². The van der Waals surface area contributed by atoms with E-state index in [1.807, 2.05) is 13.8 Å². The number of rotatable bonds is 3. The Hall–Kier alpha value is -2.37. The largest absolute Gasteiger partial charge is 0.511 e. The van der Waals surface area contributed by atoms with Crippen molar-refractivity contribution in [2.24, 2.45) is 0 Å². The third-order valence-electron chi connectivity index (χ3n) is 3.87. The third-order valence-corrected chi connectivity index (χ3v) is 4.40. The highest BCUT2D eigenvalue weighted by molar-refractivity contribution is 6.32. The van der Waals surface area contributed by atoms with Crippen molar-refractivity contribution in [2.45, 2.75) is 19.8 Å². The molecule has 0 fully saturated rings. The summed E-state index contributed by atoms with van der Waals surface area (Å²) in [5, 5.41) is 10.2. The van der Waals surface area contributed by atoms with Crippen LogP contribution in [0.25, 0.3) is 22.0 Å². The van der Waals surface area contributed by atoms with Crippen LogP contribution < -0.4 is 4.74 Å². The van der Waals surface area contributed by atoms with Crippen molar-refractivity contribution in [1.29, 1.82) is 0 Å². The van der Waals surface area contributed by atoms with Crippen molar-refractivity contribution in [3.05, 3.63) is 58.0 Å². The highest BCUT2D eigenvalue weighted by Gasteiger charge is 2.23. The lowest BCUT2D eigenvalue weighted by Crippen LogP contribution is -2.09. The van der Waals surface area contributed by atoms with Gasteiger partial charge in [-0.05, 0) is 41.8 Å². The molecule has 0 saturated carbocycles. The van der Waals surface area contributed by atoms with Crippen molar-refractivity contribution in [1.82, 2.24) is 4.98 Å². The maximum Gasteiger partial charge on any atom is 0.511 e. The van der Waals surface area contributed by atoms with Crippen LogP contribution in [0, 0.1) is 5.82 Å². The number of carbonyl (C=O) groups is 1. The van der Waals surface area contributed by atoms with E-state index in [4.69, 9.17) is 27.9 Å². The molecule has 3 aromatic rings. The summed E-state index contributed by atoms with van der Waals surface area (Å²) in [6, 6.07) is 9.24. The topological polar surface area (TPSA) is 59.4 Å². The number of hydrogen-bond donors (Lipinski definition) is 1. The SMILES string of the molecule is CC(C)c1nc2ccc(Cl)cc2c(-c2ccc(F)c(Cl)c2)c1OC(=O)O. The Labute approximate surface area is 159 Å². The Bertz CT molecular complexity index is 1020. The molecule has 1 heterocycles. The van der Waals surface area contributed by atoms with Crippen LogP contribution in [0.2, 0.25) is 10.0 Å². The Morgan fingerprint density at radius 1 is 1.19 bits per heavy atom. The number of ether oxygens (including phenoxy) is 1. The van der Waals surface area contributed by atoms with Gasteiger partial charge in [-0.25, -0.2) is 14.2 Å². The first-order chi connectivity index (χ1) is 12.3. The van der Waals surface area contributed by atoms with Gasteiger partial charge in [-0.1, -0.05) is 43.1 Å². The molecule has 0 amide bonds. The fourth-order valence-electron chi connectivity index (χ4n) is 2.76. The second-order valence-electron chi connectivity index (χ2n) is 6.01. The van der Waals surface area contributed by atoms with Crippen molar-refractivity contribution >= 4 is 40.3 Å². The molecular weight excluding hydrogens is 380 g/mol. The van der Waals surface area contributed by atoms with E-state index >= 15 is 0 Å². The standard InChI is InChI=1S/C19H14Cl2FNO3/c1-9(2)17-18(26-19(24)25)16(10-3-5-14(22)13(21)7-10)12-8-11(20)4-6-15(12)23-17/h3-9H,1-2H3,(H,24,25). The first-order valence-electron chi connectivity index (χ1n) is 7.77. The van der Waals surface area contributed by atoms with Crippen molar-refractivity contribution in [2.75, 3.05) is 0 Å². The molecule has 0 unspecified atom stereocenters. The smallest absolute Gasteiger partial charge is 0.449 e. The average molecular weight is 394 g/mol. The normalized spacial score (nSPS) is 11.2. The summed E-state index contributed by atoms with van der Waals surface area (Å²) in [7, 11) is 0. The van der Waals surface area contributed by atoms with Crippen molar-refractivity contribution < 1.29 is 19.0 Å². The second kappa shape index (κ2) is 7.09. The number of nitrogens with zero attached hydrogens (tertiary/aromatic N) is 1. The van der Waals surface area contributed by atoms with Gasteiger partial charge in [0.05, 0.1) is 16.2 Å². The van der Waals surface area contributed by atoms with Crippen LogP contribution in [-0.4, -0.2) is 16.2 Å². The van der Waals surface area contributed by atoms with Crippen LogP contribution in [0.1, 0.15) is 25.5 Å². The average Bonchev–Trinajstić information content (AvgIpc) is 2.56. The van der Waals surface area contributed by atoms with Crippen LogP contribution in [0.5, 0.6) is 5.75 Å². The molecule has 1 N–H and O–H groups in total. The van der Waals surface area contributed by atoms with Gasteiger partial charge in [-0.2, -0.15) is 0 Å². The van der Waals surface area contributed by atoms with Crippen LogP contribution in [0.4, 0.5) is 9.18 Å². The first kappa shape index (κ1) is 18.4. The molecule has 0 aliphatic carbocycles. The van der Waals surface area contributed by atoms with E-state index in [1.165, 1.54) is 18.2 Å². The molecule has 7 heteroatoms. The quantitative estimate of drug-likeness (QED) is 0.513. The number of halogens is 3. The zero-order valence-corrected chi connectivity index (χ0v) is 15.4. The minimum atomic E-state index is -1.47. The van der Waals surface area contributed by atoms with Gasteiger partial charge < -0.3 is 9.84 Å². The number of hydrogen-bond acceptors (Lipinski definition) is 3. The van der Waals surface area contributed by atoms with Gasteiger partial charge in [-0.15, -0.1) is 0 Å². The molecule has 0 aliphatic rings. The van der Waals surface area contributed by atoms with Gasteiger partial charge in [0.2, 0.25) is 0 Å². The molecular formula is C19H14Cl2FNO3. The van der Waals surface area contributed by atoms with Crippen molar-refractivity contribution in [3.63, 3.8) is 0 Å². The fourth-order valence-corrected chi connectivity index (χ4v) is 3.11. The van der Waals surface area contributed by atoms with Crippen LogP contribution in [0.3, 0.4) is 0 Å². The van der Waals surface area contributed by atoms with Gasteiger partial charge in [0.15, 0.2) is 5.75 Å². The van der Waals surface area contributed by atoms with E-state index in [2.05, 4.69) is 4.98 Å². The summed E-state index contributed by atoms with van der Waals surface area (Å²) in [5.41, 5.74) is 2.04. The third kappa shape index (κ3) is 3.45. The first-order valence-corrected chi connectivity index (χ1v) is 8.53. The minimum Gasteiger partial charge on any atom is -0.449 e. The molecule has 1 aromatic heterocycles. The number of fused-ring (bicyclic) bond motifs is 1. The Balaban J connectivity index is 2.46. The number of aromatic nitrogens is 1. The molecule has 3 rings (SSSR count). The summed E-state index contributed by atoms with van der Waals surface area (Å²) in [5.74, 6) is -0.597. The number of pyridine rings is 1. The van der Waals surface area contributed by atoms with Gasteiger partial charge in [-0.3, -0.25) is 0 Å². The maximum atomic E-state index is 13.6. The lowest BCUT2D eigenvalue weighted by molar-refractivity contribution is 0.144. The van der Waals surface area contributed by atoms with E-state index in [0.29, 0.717) is 32.7 Å². The van der Waals surface area contributed by atoms with Crippen LogP contribution >= 0.6 is 23.2 Å². The molecule has 2 aromatic carbocycles. The summed E-state index contributed by atoms with van der Waals surface area (Å²) in [6.07, 6.45) is -1.47. The van der Waals surface area contributed by atoms with Gasteiger partial charge in [0.1, 0.15) is 5.82 Å². The highest BCUT2D eigenvalue weighted by atomic mass is 35.5. The zero-order chi connectivity index (χ0) is 19.0. The Morgan fingerprint density at radius 3 is 2.54 bits per heavy atom. The molecule has 26 heavy (non-hydrogen) atoms. The highest BCUT2D eigenvalue weighted by Crippen LogP contribution is 2.42. The predicted octanol–water partition coefficient (Wildman–Crippen LogP) is 6.53. The second-order valence-corrected chi connectivity index (χ2v) is 6.86. The van der Waals surface area contributed by atoms with Crippen LogP contribution in [0.15, 0.2) is 36.4 Å². The summed E-state index contributed by atoms with van der Waals surface area (Å²) in [4.78, 5) is 15.8. The van der Waals surface area contributed by atoms with E-state index in [9.17, 15) is 14.3 Å². The summed E-state index contributed by atoms with van der Waals surface area (Å²) >= 11 is 12.1. The summed E-state index contributed by atoms with van der Waals surface area (Å²) < 4.78 is 18.7. The van der Waals surface area contributed by atoms with Gasteiger partial charge >= 0.3 is 6.16 Å². The van der Waals surface area contributed by atoms with Crippen LogP contribution in [-0.2, 0) is 0 Å². The van der Waals surface area contributed by atoms with E-state index in [-0.39, 0.29) is 16.7 Å². The molecule has 0 bridgehead atoms. The lowest BCUT2D eigenvalue weighted by Gasteiger charge is -2.18. The Morgan fingerprint density at radius 2 is 1.92 bits per heavy atom. The molecule has 4 nitrogen and oxygen atoms in total. The molecule has 0 spiro atoms. The van der Waals surface area contributed by atoms with E-state index < -0.39 is 12.0 Å². The van der Waals surface area contributed by atoms with Crippen molar-refractivity contribution in [3.8, 4) is 16.9 Å². The van der Waals surface area contributed by atoms with E-state index in [1.54, 1.807) is 18.2 Å². The zero-order valence-electron chi connectivity index (χ0n) is 13.9. The molecule has 0 saturated heterocycles. The van der Waals surface area contributed by atoms with Gasteiger partial charge in [0.25, 0.3) is 0 Å². The Kier molecular flexibility index (Phi) is 5.03. The fraction of sp³-hybridized carbons (Fsp3) is 0.158. The number of benzene rings is 2. The molecule has 0 radical (unpaired) electrons. The monoisotopic (exact) mass is 393 g/mol. The minimum absolute atomic E-state index is 0.0816. The lowest BCUT2D eigenvalue weighted by atomic mass is 9.95. The number of carboxylic acid groups (broad SMARTS) is 1.